The van der Waals surface area contributed by atoms with Crippen LogP contribution in [0, 0.1) is 12.8 Å². The second kappa shape index (κ2) is 7.99. The fraction of sp³-hybridized carbons (Fsp3) is 0.667. The molecule has 0 atom stereocenters. The van der Waals surface area contributed by atoms with E-state index in [1.165, 1.54) is 68.9 Å². The third-order valence-corrected chi connectivity index (χ3v) is 5.84. The van der Waals surface area contributed by atoms with Crippen LogP contribution in [0.15, 0.2) is 24.3 Å². The second-order valence-electron chi connectivity index (χ2n) is 7.73. The number of carbonyl (C=O) groups is 1. The molecule has 0 saturated heterocycles. The van der Waals surface area contributed by atoms with Gasteiger partial charge in [0.1, 0.15) is 0 Å². The largest absolute Gasteiger partial charge is 0.353 e. The zero-order valence-electron chi connectivity index (χ0n) is 14.5. The molecule has 0 radical (unpaired) electrons. The van der Waals surface area contributed by atoms with Gasteiger partial charge in [0, 0.05) is 12.5 Å². The smallest absolute Gasteiger partial charge is 0.220 e. The van der Waals surface area contributed by atoms with E-state index in [0.29, 0.717) is 23.8 Å². The number of amides is 1. The summed E-state index contributed by atoms with van der Waals surface area (Å²) in [6.45, 7) is 2.14. The van der Waals surface area contributed by atoms with Gasteiger partial charge in [0.25, 0.3) is 0 Å². The van der Waals surface area contributed by atoms with Gasteiger partial charge in [-0.3, -0.25) is 4.79 Å². The van der Waals surface area contributed by atoms with Crippen molar-refractivity contribution in [1.29, 1.82) is 0 Å². The molecular formula is C21H31NO. The van der Waals surface area contributed by atoms with Crippen molar-refractivity contribution in [2.45, 2.75) is 83.1 Å². The van der Waals surface area contributed by atoms with Crippen LogP contribution >= 0.6 is 0 Å². The van der Waals surface area contributed by atoms with Gasteiger partial charge < -0.3 is 5.32 Å². The maximum Gasteiger partial charge on any atom is 0.220 e. The lowest BCUT2D eigenvalue weighted by atomic mass is 9.77. The summed E-state index contributed by atoms with van der Waals surface area (Å²) in [4.78, 5) is 12.3. The van der Waals surface area contributed by atoms with Crippen LogP contribution in [0.3, 0.4) is 0 Å². The molecule has 23 heavy (non-hydrogen) atoms. The van der Waals surface area contributed by atoms with Crippen molar-refractivity contribution in [3.05, 3.63) is 35.4 Å². The monoisotopic (exact) mass is 313 g/mol. The molecule has 0 spiro atoms. The minimum absolute atomic E-state index is 0.302. The zero-order valence-corrected chi connectivity index (χ0v) is 14.5. The van der Waals surface area contributed by atoms with Crippen LogP contribution in [0.2, 0.25) is 0 Å². The number of hydrogen-bond acceptors (Lipinski definition) is 1. The Morgan fingerprint density at radius 2 is 1.61 bits per heavy atom. The molecule has 2 nitrogen and oxygen atoms in total. The predicted molar refractivity (Wildman–Crippen MR) is 95.5 cm³/mol. The van der Waals surface area contributed by atoms with Crippen molar-refractivity contribution >= 4 is 5.91 Å². The lowest BCUT2D eigenvalue weighted by Crippen LogP contribution is -2.37. The van der Waals surface area contributed by atoms with E-state index >= 15 is 0 Å². The van der Waals surface area contributed by atoms with E-state index in [4.69, 9.17) is 0 Å². The van der Waals surface area contributed by atoms with E-state index in [-0.39, 0.29) is 0 Å². The Kier molecular flexibility index (Phi) is 5.75. The third-order valence-electron chi connectivity index (χ3n) is 5.84. The molecule has 1 amide bonds. The number of nitrogens with one attached hydrogen (secondary N) is 1. The second-order valence-corrected chi connectivity index (χ2v) is 7.73. The molecule has 0 heterocycles. The maximum absolute atomic E-state index is 12.3. The molecule has 2 saturated carbocycles. The molecule has 1 N–H and O–H groups in total. The van der Waals surface area contributed by atoms with Gasteiger partial charge >= 0.3 is 0 Å². The summed E-state index contributed by atoms with van der Waals surface area (Å²) in [6, 6.07) is 9.48. The van der Waals surface area contributed by atoms with Crippen LogP contribution < -0.4 is 5.32 Å². The molecule has 2 fully saturated rings. The summed E-state index contributed by atoms with van der Waals surface area (Å²) in [5.41, 5.74) is 2.82. The van der Waals surface area contributed by atoms with Gasteiger partial charge in [-0.2, -0.15) is 0 Å². The van der Waals surface area contributed by atoms with E-state index in [0.717, 1.165) is 6.42 Å². The Bertz CT molecular complexity index is 493. The molecule has 0 unspecified atom stereocenters. The fourth-order valence-electron chi connectivity index (χ4n) is 4.33. The van der Waals surface area contributed by atoms with Crippen LogP contribution in [0.4, 0.5) is 0 Å². The fourth-order valence-corrected chi connectivity index (χ4v) is 4.33. The van der Waals surface area contributed by atoms with Gasteiger partial charge in [0.2, 0.25) is 5.91 Å². The average Bonchev–Trinajstić information content (AvgIpc) is 2.57. The molecule has 2 aliphatic carbocycles. The first kappa shape index (κ1) is 16.5. The number of benzene rings is 1. The maximum atomic E-state index is 12.3. The summed E-state index contributed by atoms with van der Waals surface area (Å²) in [5, 5.41) is 3.28. The quantitative estimate of drug-likeness (QED) is 0.822. The van der Waals surface area contributed by atoms with E-state index in [2.05, 4.69) is 36.5 Å². The summed E-state index contributed by atoms with van der Waals surface area (Å²) in [6.07, 6.45) is 11.9. The van der Waals surface area contributed by atoms with Crippen LogP contribution in [0.5, 0.6) is 0 Å². The minimum Gasteiger partial charge on any atom is -0.353 e. The normalized spacial score (nSPS) is 26.0. The van der Waals surface area contributed by atoms with Crippen molar-refractivity contribution in [2.75, 3.05) is 0 Å². The van der Waals surface area contributed by atoms with Crippen molar-refractivity contribution in [3.8, 4) is 0 Å². The molecule has 0 aromatic heterocycles. The van der Waals surface area contributed by atoms with Gasteiger partial charge in [-0.15, -0.1) is 0 Å². The Balaban J connectivity index is 1.41. The molecule has 0 aliphatic heterocycles. The highest BCUT2D eigenvalue weighted by atomic mass is 16.1. The lowest BCUT2D eigenvalue weighted by molar-refractivity contribution is -0.123. The Labute approximate surface area is 141 Å². The molecule has 0 bridgehead atoms. The summed E-state index contributed by atoms with van der Waals surface area (Å²) in [7, 11) is 0. The number of carbonyl (C=O) groups excluding carboxylic acids is 1. The summed E-state index contributed by atoms with van der Waals surface area (Å²) >= 11 is 0. The number of hydrogen-bond donors (Lipinski definition) is 1. The zero-order chi connectivity index (χ0) is 16.1. The Morgan fingerprint density at radius 3 is 2.26 bits per heavy atom. The molecular weight excluding hydrogens is 282 g/mol. The van der Waals surface area contributed by atoms with Gasteiger partial charge in [-0.05, 0) is 62.8 Å². The van der Waals surface area contributed by atoms with Crippen molar-refractivity contribution in [1.82, 2.24) is 5.32 Å². The highest BCUT2D eigenvalue weighted by Gasteiger charge is 2.25. The van der Waals surface area contributed by atoms with E-state index < -0.39 is 0 Å². The summed E-state index contributed by atoms with van der Waals surface area (Å²) < 4.78 is 0. The van der Waals surface area contributed by atoms with Crippen molar-refractivity contribution in [2.24, 2.45) is 5.92 Å². The SMILES string of the molecule is Cc1ccc(C2CCC(CC(=O)NC3CCCCC3)CC2)cc1. The molecule has 1 aromatic rings. The third kappa shape index (κ3) is 4.83. The Hall–Kier alpha value is -1.31. The molecule has 3 rings (SSSR count). The van der Waals surface area contributed by atoms with Crippen LogP contribution in [0.1, 0.15) is 81.3 Å². The number of aryl methyl sites for hydroxylation is 1. The number of rotatable bonds is 4. The van der Waals surface area contributed by atoms with Gasteiger partial charge in [-0.1, -0.05) is 49.1 Å². The Morgan fingerprint density at radius 1 is 0.957 bits per heavy atom. The first-order valence-electron chi connectivity index (χ1n) is 9.56. The lowest BCUT2D eigenvalue weighted by Gasteiger charge is -2.29. The first-order valence-corrected chi connectivity index (χ1v) is 9.56. The van der Waals surface area contributed by atoms with Gasteiger partial charge in [0.15, 0.2) is 0 Å². The minimum atomic E-state index is 0.302. The van der Waals surface area contributed by atoms with Gasteiger partial charge in [0.05, 0.1) is 0 Å². The predicted octanol–water partition coefficient (Wildman–Crippen LogP) is 5.11. The van der Waals surface area contributed by atoms with E-state index in [9.17, 15) is 4.79 Å². The van der Waals surface area contributed by atoms with E-state index in [1.54, 1.807) is 0 Å². The standard InChI is InChI=1S/C21H31NO/c1-16-7-11-18(12-8-16)19-13-9-17(10-14-19)15-21(23)22-20-5-3-2-4-6-20/h7-8,11-12,17,19-20H,2-6,9-10,13-15H2,1H3,(H,22,23). The summed E-state index contributed by atoms with van der Waals surface area (Å²) in [5.74, 6) is 1.60. The van der Waals surface area contributed by atoms with Crippen molar-refractivity contribution < 1.29 is 4.79 Å². The van der Waals surface area contributed by atoms with Crippen molar-refractivity contribution in [3.63, 3.8) is 0 Å². The molecule has 1 aromatic carbocycles. The van der Waals surface area contributed by atoms with Crippen LogP contribution in [-0.4, -0.2) is 11.9 Å². The van der Waals surface area contributed by atoms with E-state index in [1.807, 2.05) is 0 Å². The van der Waals surface area contributed by atoms with Crippen LogP contribution in [0.25, 0.3) is 0 Å². The molecule has 126 valence electrons. The van der Waals surface area contributed by atoms with Crippen LogP contribution in [-0.2, 0) is 4.79 Å². The first-order chi connectivity index (χ1) is 11.2. The highest BCUT2D eigenvalue weighted by molar-refractivity contribution is 5.76. The highest BCUT2D eigenvalue weighted by Crippen LogP contribution is 2.37. The molecule has 2 aliphatic rings. The average molecular weight is 313 g/mol. The topological polar surface area (TPSA) is 29.1 Å². The van der Waals surface area contributed by atoms with Gasteiger partial charge in [-0.25, -0.2) is 0 Å². The molecule has 2 heteroatoms.